The third kappa shape index (κ3) is 11.5. The number of rotatable bonds is 10. The van der Waals surface area contributed by atoms with Gasteiger partial charge in [0.2, 0.25) is 0 Å². The van der Waals surface area contributed by atoms with Crippen molar-refractivity contribution in [3.63, 3.8) is 0 Å². The number of nitrogens with one attached hydrogen (secondary N) is 1. The van der Waals surface area contributed by atoms with Crippen molar-refractivity contribution >= 4 is 5.78 Å². The third-order valence-corrected chi connectivity index (χ3v) is 2.03. The van der Waals surface area contributed by atoms with E-state index in [1.165, 1.54) is 6.92 Å². The van der Waals surface area contributed by atoms with Gasteiger partial charge in [-0.05, 0) is 20.3 Å². The van der Waals surface area contributed by atoms with Crippen LogP contribution in [0.3, 0.4) is 0 Å². The van der Waals surface area contributed by atoms with Crippen LogP contribution in [0.25, 0.3) is 0 Å². The van der Waals surface area contributed by atoms with Crippen LogP contribution in [0.1, 0.15) is 28.6 Å². The van der Waals surface area contributed by atoms with Crippen molar-refractivity contribution in [2.24, 2.45) is 0 Å². The van der Waals surface area contributed by atoms with Crippen LogP contribution < -0.4 is 5.32 Å². The second-order valence-corrected chi connectivity index (χ2v) is 3.63. The number of hydrogen-bond donors (Lipinski definition) is 1. The van der Waals surface area contributed by atoms with Crippen molar-refractivity contribution in [1.82, 2.24) is 5.32 Å². The van der Waals surface area contributed by atoms with E-state index in [1.807, 2.05) is 0 Å². The molecule has 0 bridgehead atoms. The van der Waals surface area contributed by atoms with Crippen LogP contribution in [-0.4, -0.2) is 44.8 Å². The van der Waals surface area contributed by atoms with Gasteiger partial charge in [-0.15, -0.1) is 0 Å². The van der Waals surface area contributed by atoms with E-state index in [1.54, 1.807) is 0 Å². The summed E-state index contributed by atoms with van der Waals surface area (Å²) < 4.78 is 10.4. The van der Waals surface area contributed by atoms with E-state index < -0.39 is 0 Å². The van der Waals surface area contributed by atoms with Crippen LogP contribution >= 0.6 is 0 Å². The number of hydrogen-bond acceptors (Lipinski definition) is 4. The number of ether oxygens (including phenoxy) is 2. The Bertz CT molecular complexity index is 167. The first kappa shape index (κ1) is 14.6. The summed E-state index contributed by atoms with van der Waals surface area (Å²) in [6, 6.07) is 0.544. The molecule has 92 valence electrons. The van der Waals surface area contributed by atoms with E-state index in [2.05, 4.69) is 19.2 Å². The summed E-state index contributed by atoms with van der Waals surface area (Å²) in [5, 5.41) is 3.32. The topological polar surface area (TPSA) is 47.6 Å². The molecular weight excluding hydrogens is 194 g/mol. The molecule has 0 amide bonds. The molecule has 0 aliphatic carbocycles. The fourth-order valence-corrected chi connectivity index (χ4v) is 0.958. The molecule has 0 radical (unpaired) electrons. The van der Waals surface area contributed by atoms with E-state index in [0.29, 0.717) is 25.9 Å². The highest BCUT2D eigenvalue weighted by atomic mass is 16.5. The van der Waals surface area contributed by atoms with Gasteiger partial charge in [-0.3, -0.25) is 4.79 Å². The molecule has 4 heteroatoms. The Hall–Kier alpha value is -0.450. The smallest absolute Gasteiger partial charge is 0.155 e. The second-order valence-electron chi connectivity index (χ2n) is 3.63. The Balaban J connectivity index is 0. The molecule has 0 heterocycles. The fourth-order valence-electron chi connectivity index (χ4n) is 0.958. The van der Waals surface area contributed by atoms with Gasteiger partial charge in [-0.2, -0.15) is 0 Å². The molecule has 0 aromatic carbocycles. The van der Waals surface area contributed by atoms with Gasteiger partial charge < -0.3 is 14.8 Å². The molecule has 0 aliphatic heterocycles. The van der Waals surface area contributed by atoms with Crippen LogP contribution in [0.5, 0.6) is 0 Å². The Morgan fingerprint density at radius 2 is 2.00 bits per heavy atom. The van der Waals surface area contributed by atoms with Gasteiger partial charge in [0.15, 0.2) is 5.78 Å². The molecule has 0 saturated carbocycles. The summed E-state index contributed by atoms with van der Waals surface area (Å²) in [5.41, 5.74) is 0. The second kappa shape index (κ2) is 10.1. The summed E-state index contributed by atoms with van der Waals surface area (Å²) in [4.78, 5) is 10.5. The first-order valence-corrected chi connectivity index (χ1v) is 5.55. The lowest BCUT2D eigenvalue weighted by atomic mass is 10.3. The Kier molecular flexibility index (Phi) is 9.78. The number of carbonyl (C=O) groups excluding carboxylic acids is 1. The van der Waals surface area contributed by atoms with E-state index in [4.69, 9.17) is 9.47 Å². The molecular formula is C11H25NO3. The van der Waals surface area contributed by atoms with Crippen LogP contribution in [0.15, 0.2) is 0 Å². The molecule has 4 nitrogen and oxygen atoms in total. The molecule has 0 aromatic rings. The van der Waals surface area contributed by atoms with E-state index >= 15 is 0 Å². The minimum Gasteiger partial charge on any atom is -0.378 e. The average molecular weight is 219 g/mol. The van der Waals surface area contributed by atoms with Crippen molar-refractivity contribution in [2.45, 2.75) is 33.2 Å². The lowest BCUT2D eigenvalue weighted by Gasteiger charge is -2.11. The summed E-state index contributed by atoms with van der Waals surface area (Å²) in [7, 11) is 0. The van der Waals surface area contributed by atoms with Gasteiger partial charge in [-0.25, -0.2) is 0 Å². The summed E-state index contributed by atoms with van der Waals surface area (Å²) in [6.45, 7) is 8.59. The molecule has 0 spiro atoms. The molecule has 0 rings (SSSR count). The molecule has 0 aliphatic rings. The average Bonchev–Trinajstić information content (AvgIpc) is 2.21. The van der Waals surface area contributed by atoms with E-state index in [0.717, 1.165) is 13.0 Å². The van der Waals surface area contributed by atoms with Crippen LogP contribution in [-0.2, 0) is 14.3 Å². The maximum Gasteiger partial charge on any atom is 0.155 e. The van der Waals surface area contributed by atoms with Crippen molar-refractivity contribution < 1.29 is 15.7 Å². The largest absolute Gasteiger partial charge is 0.378 e. The maximum atomic E-state index is 10.5. The van der Waals surface area contributed by atoms with Crippen molar-refractivity contribution in [1.29, 1.82) is 0 Å². The third-order valence-electron chi connectivity index (χ3n) is 2.03. The Labute approximate surface area is 93.8 Å². The highest BCUT2D eigenvalue weighted by Gasteiger charge is 1.96. The molecule has 0 saturated heterocycles. The molecule has 1 unspecified atom stereocenters. The standard InChI is InChI=1S/C11H23NO3.H2/c1-4-10(2)12-5-6-14-7-8-15-9-11(3)13;/h10,12H,4-9H2,1-3H3;1H. The zero-order valence-corrected chi connectivity index (χ0v) is 10.0. The van der Waals surface area contributed by atoms with Crippen LogP contribution in [0, 0.1) is 0 Å². The Morgan fingerprint density at radius 3 is 2.60 bits per heavy atom. The van der Waals surface area contributed by atoms with Gasteiger partial charge in [0.1, 0.15) is 6.61 Å². The van der Waals surface area contributed by atoms with Gasteiger partial charge in [0.05, 0.1) is 19.8 Å². The number of carbonyl (C=O) groups is 1. The van der Waals surface area contributed by atoms with Crippen LogP contribution in [0.2, 0.25) is 0 Å². The highest BCUT2D eigenvalue weighted by Crippen LogP contribution is 1.86. The zero-order chi connectivity index (χ0) is 11.5. The van der Waals surface area contributed by atoms with Gasteiger partial charge >= 0.3 is 0 Å². The number of Topliss-reactive ketones (excluding diaryl/α,β-unsaturated/α-hetero) is 1. The first-order valence-electron chi connectivity index (χ1n) is 5.55. The summed E-state index contributed by atoms with van der Waals surface area (Å²) in [6.07, 6.45) is 1.13. The van der Waals surface area contributed by atoms with Crippen molar-refractivity contribution in [3.8, 4) is 0 Å². The highest BCUT2D eigenvalue weighted by molar-refractivity contribution is 5.76. The quantitative estimate of drug-likeness (QED) is 0.562. The zero-order valence-electron chi connectivity index (χ0n) is 10.0. The molecule has 1 N–H and O–H groups in total. The van der Waals surface area contributed by atoms with Gasteiger partial charge in [-0.1, -0.05) is 6.92 Å². The van der Waals surface area contributed by atoms with E-state index in [-0.39, 0.29) is 13.8 Å². The molecule has 15 heavy (non-hydrogen) atoms. The van der Waals surface area contributed by atoms with E-state index in [9.17, 15) is 4.79 Å². The first-order chi connectivity index (χ1) is 7.16. The summed E-state index contributed by atoms with van der Waals surface area (Å²) >= 11 is 0. The predicted molar refractivity (Wildman–Crippen MR) is 62.2 cm³/mol. The lowest BCUT2D eigenvalue weighted by molar-refractivity contribution is -0.121. The minimum absolute atomic E-state index is 0. The number of ketones is 1. The molecule has 0 aromatic heterocycles. The lowest BCUT2D eigenvalue weighted by Crippen LogP contribution is -2.29. The summed E-state index contributed by atoms with van der Waals surface area (Å²) in [5.74, 6) is 0.0495. The normalized spacial score (nSPS) is 12.7. The Morgan fingerprint density at radius 1 is 1.33 bits per heavy atom. The molecule has 0 fully saturated rings. The minimum atomic E-state index is 0. The monoisotopic (exact) mass is 219 g/mol. The fraction of sp³-hybridized carbons (Fsp3) is 0.909. The van der Waals surface area contributed by atoms with Crippen LogP contribution in [0.4, 0.5) is 0 Å². The van der Waals surface area contributed by atoms with Gasteiger partial charge in [0, 0.05) is 14.0 Å². The SMILES string of the molecule is CCC(C)NCCOCCOCC(C)=O.[HH]. The van der Waals surface area contributed by atoms with Gasteiger partial charge in [0.25, 0.3) is 0 Å². The molecule has 1 atom stereocenters. The van der Waals surface area contributed by atoms with Crippen molar-refractivity contribution in [3.05, 3.63) is 0 Å². The predicted octanol–water partition coefficient (Wildman–Crippen LogP) is 1.24. The maximum absolute atomic E-state index is 10.5. The van der Waals surface area contributed by atoms with Crippen molar-refractivity contribution in [2.75, 3.05) is 33.0 Å².